The van der Waals surface area contributed by atoms with Crippen LogP contribution in [-0.4, -0.2) is 14.1 Å². The van der Waals surface area contributed by atoms with E-state index in [4.69, 9.17) is 5.73 Å². The van der Waals surface area contributed by atoms with Gasteiger partial charge in [-0.25, -0.2) is 0 Å². The number of anilines is 1. The van der Waals surface area contributed by atoms with Crippen molar-refractivity contribution >= 4 is 21.4 Å². The summed E-state index contributed by atoms with van der Waals surface area (Å²) in [6.45, 7) is 3.62. The summed E-state index contributed by atoms with van der Waals surface area (Å²) < 4.78 is 24.2. The summed E-state index contributed by atoms with van der Waals surface area (Å²) in [5.41, 5.74) is 8.61. The lowest BCUT2D eigenvalue weighted by molar-refractivity contribution is 0.584. The molecule has 0 fully saturated rings. The first kappa shape index (κ1) is 15.1. The molecule has 0 aliphatic rings. The predicted octanol–water partition coefficient (Wildman–Crippen LogP) is 2.28. The summed E-state index contributed by atoms with van der Waals surface area (Å²) in [5, 5.41) is 3.93. The molecule has 2 rings (SSSR count). The van der Waals surface area contributed by atoms with E-state index in [1.165, 1.54) is 0 Å². The molecule has 110 valence electrons. The smallest absolute Gasteiger partial charge is 0.276 e. The monoisotopic (exact) mass is 303 g/mol. The topological polar surface area (TPSA) is 84.5 Å². The van der Waals surface area contributed by atoms with E-state index in [9.17, 15) is 8.42 Å². The Labute approximate surface area is 124 Å². The molecule has 0 aliphatic heterocycles. The van der Waals surface area contributed by atoms with E-state index in [0.717, 1.165) is 11.1 Å². The molecule has 0 aromatic heterocycles. The number of benzene rings is 2. The number of nitrogens with one attached hydrogen (secondary N) is 1. The van der Waals surface area contributed by atoms with Gasteiger partial charge in [0, 0.05) is 5.69 Å². The van der Waals surface area contributed by atoms with Gasteiger partial charge in [0.15, 0.2) is 0 Å². The summed E-state index contributed by atoms with van der Waals surface area (Å²) in [5.74, 6) is 0. The van der Waals surface area contributed by atoms with Crippen molar-refractivity contribution in [3.63, 3.8) is 0 Å². The van der Waals surface area contributed by atoms with Crippen LogP contribution in [0.25, 0.3) is 0 Å². The summed E-state index contributed by atoms with van der Waals surface area (Å²) in [6, 6.07) is 13.6. The molecular weight excluding hydrogens is 286 g/mol. The third kappa shape index (κ3) is 3.82. The minimum absolute atomic E-state index is 0.182. The lowest BCUT2D eigenvalue weighted by atomic mass is 10.1. The van der Waals surface area contributed by atoms with Crippen molar-refractivity contribution in [3.05, 3.63) is 59.7 Å². The third-order valence-electron chi connectivity index (χ3n) is 2.99. The molecule has 2 aromatic carbocycles. The van der Waals surface area contributed by atoms with Crippen molar-refractivity contribution in [2.24, 2.45) is 5.10 Å². The molecule has 5 nitrogen and oxygen atoms in total. The zero-order valence-corrected chi connectivity index (χ0v) is 12.7. The third-order valence-corrected chi connectivity index (χ3v) is 4.22. The first-order valence-corrected chi connectivity index (χ1v) is 7.85. The fraction of sp³-hybridized carbons (Fsp3) is 0.133. The van der Waals surface area contributed by atoms with Crippen LogP contribution in [0.15, 0.2) is 58.5 Å². The SMILES string of the molecule is C/C(=N/NS(=O)(=O)c1ccc(C)cc1)c1ccc(N)cc1. The Morgan fingerprint density at radius 2 is 1.62 bits per heavy atom. The number of nitrogens with zero attached hydrogens (tertiary/aromatic N) is 1. The van der Waals surface area contributed by atoms with Gasteiger partial charge in [-0.1, -0.05) is 29.8 Å². The lowest BCUT2D eigenvalue weighted by Crippen LogP contribution is -2.19. The van der Waals surface area contributed by atoms with E-state index in [0.29, 0.717) is 11.4 Å². The molecule has 0 saturated heterocycles. The molecule has 0 unspecified atom stereocenters. The lowest BCUT2D eigenvalue weighted by Gasteiger charge is -2.06. The minimum atomic E-state index is -3.65. The zero-order chi connectivity index (χ0) is 15.5. The number of sulfonamides is 1. The Morgan fingerprint density at radius 1 is 1.05 bits per heavy atom. The maximum Gasteiger partial charge on any atom is 0.276 e. The van der Waals surface area contributed by atoms with Crippen molar-refractivity contribution in [3.8, 4) is 0 Å². The summed E-state index contributed by atoms with van der Waals surface area (Å²) in [7, 11) is -3.65. The van der Waals surface area contributed by atoms with E-state index in [-0.39, 0.29) is 4.90 Å². The largest absolute Gasteiger partial charge is 0.399 e. The molecular formula is C15H17N3O2S. The summed E-state index contributed by atoms with van der Waals surface area (Å²) >= 11 is 0. The highest BCUT2D eigenvalue weighted by Crippen LogP contribution is 2.10. The van der Waals surface area contributed by atoms with Crippen LogP contribution in [0.3, 0.4) is 0 Å². The Balaban J connectivity index is 2.18. The van der Waals surface area contributed by atoms with Crippen LogP contribution in [0.5, 0.6) is 0 Å². The molecule has 0 spiro atoms. The standard InChI is InChI=1S/C15H17N3O2S/c1-11-3-9-15(10-4-11)21(19,20)18-17-12(2)13-5-7-14(16)8-6-13/h3-10,18H,16H2,1-2H3/b17-12-. The van der Waals surface area contributed by atoms with E-state index in [1.807, 2.05) is 6.92 Å². The van der Waals surface area contributed by atoms with Crippen molar-refractivity contribution in [1.29, 1.82) is 0 Å². The number of aryl methyl sites for hydroxylation is 1. The minimum Gasteiger partial charge on any atom is -0.399 e. The van der Waals surface area contributed by atoms with Crippen molar-refractivity contribution < 1.29 is 8.42 Å². The summed E-state index contributed by atoms with van der Waals surface area (Å²) in [6.07, 6.45) is 0. The van der Waals surface area contributed by atoms with E-state index in [2.05, 4.69) is 9.93 Å². The van der Waals surface area contributed by atoms with Crippen molar-refractivity contribution in [2.75, 3.05) is 5.73 Å². The summed E-state index contributed by atoms with van der Waals surface area (Å²) in [4.78, 5) is 2.42. The van der Waals surface area contributed by atoms with Gasteiger partial charge in [0.25, 0.3) is 10.0 Å². The molecule has 2 aromatic rings. The predicted molar refractivity (Wildman–Crippen MR) is 84.6 cm³/mol. The zero-order valence-electron chi connectivity index (χ0n) is 11.9. The number of nitrogen functional groups attached to an aromatic ring is 1. The number of hydrazone groups is 1. The second-order valence-electron chi connectivity index (χ2n) is 4.73. The fourth-order valence-corrected chi connectivity index (χ4v) is 2.54. The number of nitrogens with two attached hydrogens (primary N) is 1. The molecule has 0 bridgehead atoms. The van der Waals surface area contributed by atoms with Crippen molar-refractivity contribution in [1.82, 2.24) is 4.83 Å². The first-order chi connectivity index (χ1) is 9.88. The van der Waals surface area contributed by atoms with Crippen LogP contribution >= 0.6 is 0 Å². The van der Waals surface area contributed by atoms with Crippen LogP contribution < -0.4 is 10.6 Å². The molecule has 21 heavy (non-hydrogen) atoms. The molecule has 3 N–H and O–H groups in total. The van der Waals surface area contributed by atoms with Gasteiger partial charge in [-0.3, -0.25) is 0 Å². The molecule has 0 heterocycles. The molecule has 6 heteroatoms. The number of hydrogen-bond acceptors (Lipinski definition) is 4. The Kier molecular flexibility index (Phi) is 4.28. The van der Waals surface area contributed by atoms with Gasteiger partial charge in [0.2, 0.25) is 0 Å². The number of hydrogen-bond donors (Lipinski definition) is 2. The van der Waals surface area contributed by atoms with Gasteiger partial charge in [0.05, 0.1) is 10.6 Å². The number of rotatable bonds is 4. The highest BCUT2D eigenvalue weighted by atomic mass is 32.2. The van der Waals surface area contributed by atoms with Crippen LogP contribution in [0.2, 0.25) is 0 Å². The Morgan fingerprint density at radius 3 is 2.19 bits per heavy atom. The van der Waals surface area contributed by atoms with Crippen molar-refractivity contribution in [2.45, 2.75) is 18.7 Å². The molecule has 0 radical (unpaired) electrons. The second kappa shape index (κ2) is 5.97. The highest BCUT2D eigenvalue weighted by molar-refractivity contribution is 7.89. The van der Waals surface area contributed by atoms with Crippen LogP contribution in [-0.2, 0) is 10.0 Å². The quantitative estimate of drug-likeness (QED) is 0.516. The maximum atomic E-state index is 12.1. The van der Waals surface area contributed by atoms with Gasteiger partial charge >= 0.3 is 0 Å². The van der Waals surface area contributed by atoms with Crippen LogP contribution in [0.4, 0.5) is 5.69 Å². The van der Waals surface area contributed by atoms with Gasteiger partial charge < -0.3 is 5.73 Å². The van der Waals surface area contributed by atoms with Gasteiger partial charge in [-0.2, -0.15) is 18.4 Å². The normalized spacial score (nSPS) is 12.2. The van der Waals surface area contributed by atoms with Crippen LogP contribution in [0, 0.1) is 6.92 Å². The molecule has 0 atom stereocenters. The van der Waals surface area contributed by atoms with E-state index in [1.54, 1.807) is 55.5 Å². The highest BCUT2D eigenvalue weighted by Gasteiger charge is 2.12. The van der Waals surface area contributed by atoms with E-state index >= 15 is 0 Å². The Hall–Kier alpha value is -2.34. The molecule has 0 aliphatic carbocycles. The van der Waals surface area contributed by atoms with Gasteiger partial charge in [-0.15, -0.1) is 0 Å². The van der Waals surface area contributed by atoms with Gasteiger partial charge in [0.1, 0.15) is 0 Å². The average molecular weight is 303 g/mol. The second-order valence-corrected chi connectivity index (χ2v) is 6.39. The molecule has 0 amide bonds. The average Bonchev–Trinajstić information content (AvgIpc) is 2.46. The fourth-order valence-electron chi connectivity index (χ4n) is 1.69. The van der Waals surface area contributed by atoms with E-state index < -0.39 is 10.0 Å². The van der Waals surface area contributed by atoms with Gasteiger partial charge in [-0.05, 0) is 43.7 Å². The molecule has 0 saturated carbocycles. The maximum absolute atomic E-state index is 12.1. The first-order valence-electron chi connectivity index (χ1n) is 6.37. The van der Waals surface area contributed by atoms with Crippen LogP contribution in [0.1, 0.15) is 18.1 Å². The Bertz CT molecular complexity index is 749.